The second-order valence-electron chi connectivity index (χ2n) is 4.32. The molecule has 0 fully saturated rings. The number of carbonyl (C=O) groups is 1. The predicted molar refractivity (Wildman–Crippen MR) is 85.3 cm³/mol. The second-order valence-corrected chi connectivity index (χ2v) is 5.35. The lowest BCUT2D eigenvalue weighted by atomic mass is 10.1. The summed E-state index contributed by atoms with van der Waals surface area (Å²) in [5.74, 6) is 2.33. The van der Waals surface area contributed by atoms with Gasteiger partial charge in [-0.05, 0) is 24.2 Å². The molecular weight excluding hydrogens is 290 g/mol. The number of rotatable bonds is 9. The number of ether oxygens (including phenoxy) is 3. The van der Waals surface area contributed by atoms with Crippen LogP contribution in [0.2, 0.25) is 0 Å². The molecule has 0 aliphatic rings. The monoisotopic (exact) mass is 313 g/mol. The molecule has 0 spiro atoms. The molecule has 0 radical (unpaired) electrons. The Morgan fingerprint density at radius 3 is 2.52 bits per heavy atom. The fourth-order valence-electron chi connectivity index (χ4n) is 1.91. The van der Waals surface area contributed by atoms with Gasteiger partial charge in [0.1, 0.15) is 0 Å². The van der Waals surface area contributed by atoms with Crippen molar-refractivity contribution in [3.05, 3.63) is 23.8 Å². The maximum absolute atomic E-state index is 11.2. The largest absolute Gasteiger partial charge is 0.493 e. The summed E-state index contributed by atoms with van der Waals surface area (Å²) in [6.07, 6.45) is 0. The van der Waals surface area contributed by atoms with Crippen LogP contribution in [0, 0.1) is 0 Å². The van der Waals surface area contributed by atoms with Crippen molar-refractivity contribution >= 4 is 17.7 Å². The minimum absolute atomic E-state index is 0.143. The van der Waals surface area contributed by atoms with E-state index < -0.39 is 0 Å². The Bertz CT molecular complexity index is 453. The minimum Gasteiger partial charge on any atom is -0.493 e. The van der Waals surface area contributed by atoms with Crippen molar-refractivity contribution in [3.8, 4) is 11.5 Å². The molecule has 1 aromatic carbocycles. The van der Waals surface area contributed by atoms with Crippen LogP contribution in [0.15, 0.2) is 18.2 Å². The highest BCUT2D eigenvalue weighted by Gasteiger charge is 2.14. The average molecular weight is 313 g/mol. The smallest absolute Gasteiger partial charge is 0.315 e. The Labute approximate surface area is 130 Å². The number of esters is 1. The maximum Gasteiger partial charge on any atom is 0.315 e. The number of benzene rings is 1. The molecule has 1 N–H and O–H groups in total. The zero-order chi connectivity index (χ0) is 15.7. The highest BCUT2D eigenvalue weighted by atomic mass is 32.2. The van der Waals surface area contributed by atoms with Gasteiger partial charge in [-0.15, -0.1) is 11.8 Å². The maximum atomic E-state index is 11.2. The third-order valence-electron chi connectivity index (χ3n) is 2.99. The van der Waals surface area contributed by atoms with E-state index in [4.69, 9.17) is 9.47 Å². The van der Waals surface area contributed by atoms with Crippen molar-refractivity contribution in [1.82, 2.24) is 5.32 Å². The topological polar surface area (TPSA) is 56.8 Å². The lowest BCUT2D eigenvalue weighted by Gasteiger charge is -2.19. The molecule has 0 saturated heterocycles. The molecule has 0 heterocycles. The highest BCUT2D eigenvalue weighted by Crippen LogP contribution is 2.31. The van der Waals surface area contributed by atoms with Crippen molar-refractivity contribution in [2.24, 2.45) is 0 Å². The van der Waals surface area contributed by atoms with Crippen molar-refractivity contribution in [2.45, 2.75) is 13.0 Å². The Morgan fingerprint density at radius 1 is 1.24 bits per heavy atom. The standard InChI is InChI=1S/C15H23NO4S/c1-5-16-12(9-21-10-15(17)20-4)11-6-7-13(18-2)14(8-11)19-3/h6-8,12,16H,5,9-10H2,1-4H3. The summed E-state index contributed by atoms with van der Waals surface area (Å²) >= 11 is 1.54. The van der Waals surface area contributed by atoms with Gasteiger partial charge >= 0.3 is 5.97 Å². The van der Waals surface area contributed by atoms with E-state index in [2.05, 4.69) is 17.0 Å². The Hall–Kier alpha value is -1.40. The summed E-state index contributed by atoms with van der Waals surface area (Å²) in [5, 5.41) is 3.41. The Balaban J connectivity index is 2.77. The third-order valence-corrected chi connectivity index (χ3v) is 4.00. The van der Waals surface area contributed by atoms with Crippen molar-refractivity contribution in [2.75, 3.05) is 39.4 Å². The van der Waals surface area contributed by atoms with Crippen LogP contribution in [0.5, 0.6) is 11.5 Å². The molecule has 5 nitrogen and oxygen atoms in total. The number of methoxy groups -OCH3 is 3. The number of carbonyl (C=O) groups excluding carboxylic acids is 1. The lowest BCUT2D eigenvalue weighted by molar-refractivity contribution is -0.137. The van der Waals surface area contributed by atoms with Crippen LogP contribution < -0.4 is 14.8 Å². The summed E-state index contributed by atoms with van der Waals surface area (Å²) in [4.78, 5) is 11.2. The molecule has 21 heavy (non-hydrogen) atoms. The number of hydrogen-bond acceptors (Lipinski definition) is 6. The van der Waals surface area contributed by atoms with Crippen LogP contribution in [0.1, 0.15) is 18.5 Å². The molecule has 1 aromatic rings. The molecule has 0 aromatic heterocycles. The number of thioether (sulfide) groups is 1. The average Bonchev–Trinajstić information content (AvgIpc) is 2.53. The number of hydrogen-bond donors (Lipinski definition) is 1. The summed E-state index contributed by atoms with van der Waals surface area (Å²) in [6.45, 7) is 2.90. The second kappa shape index (κ2) is 9.52. The van der Waals surface area contributed by atoms with Crippen LogP contribution in [0.3, 0.4) is 0 Å². The van der Waals surface area contributed by atoms with E-state index in [0.29, 0.717) is 17.3 Å². The van der Waals surface area contributed by atoms with E-state index in [1.165, 1.54) is 7.11 Å². The molecule has 0 amide bonds. The van der Waals surface area contributed by atoms with E-state index in [0.717, 1.165) is 17.9 Å². The lowest BCUT2D eigenvalue weighted by Crippen LogP contribution is -2.23. The van der Waals surface area contributed by atoms with Gasteiger partial charge in [-0.3, -0.25) is 4.79 Å². The third kappa shape index (κ3) is 5.47. The first-order valence-corrected chi connectivity index (χ1v) is 7.91. The summed E-state index contributed by atoms with van der Waals surface area (Å²) < 4.78 is 15.2. The quantitative estimate of drug-likeness (QED) is 0.706. The summed E-state index contributed by atoms with van der Waals surface area (Å²) in [6, 6.07) is 6.01. The van der Waals surface area contributed by atoms with Crippen molar-refractivity contribution in [1.29, 1.82) is 0 Å². The van der Waals surface area contributed by atoms with Crippen LogP contribution in [0.25, 0.3) is 0 Å². The summed E-state index contributed by atoms with van der Waals surface area (Å²) in [7, 11) is 4.64. The molecule has 6 heteroatoms. The van der Waals surface area contributed by atoms with Crippen molar-refractivity contribution in [3.63, 3.8) is 0 Å². The fraction of sp³-hybridized carbons (Fsp3) is 0.533. The van der Waals surface area contributed by atoms with Gasteiger partial charge in [0.05, 0.1) is 27.1 Å². The summed E-state index contributed by atoms with van der Waals surface area (Å²) in [5.41, 5.74) is 1.10. The van der Waals surface area contributed by atoms with Crippen molar-refractivity contribution < 1.29 is 19.0 Å². The molecule has 1 rings (SSSR count). The van der Waals surface area contributed by atoms with Crippen LogP contribution >= 0.6 is 11.8 Å². The van der Waals surface area contributed by atoms with E-state index in [1.54, 1.807) is 26.0 Å². The van der Waals surface area contributed by atoms with Gasteiger partial charge < -0.3 is 19.5 Å². The van der Waals surface area contributed by atoms with Gasteiger partial charge in [0.15, 0.2) is 11.5 Å². The van der Waals surface area contributed by atoms with Crippen LogP contribution in [-0.4, -0.2) is 45.3 Å². The van der Waals surface area contributed by atoms with Gasteiger partial charge in [-0.2, -0.15) is 0 Å². The van der Waals surface area contributed by atoms with Gasteiger partial charge in [0.25, 0.3) is 0 Å². The Kier molecular flexibility index (Phi) is 8.00. The van der Waals surface area contributed by atoms with E-state index >= 15 is 0 Å². The zero-order valence-electron chi connectivity index (χ0n) is 13.0. The van der Waals surface area contributed by atoms with E-state index in [-0.39, 0.29) is 12.0 Å². The molecule has 1 unspecified atom stereocenters. The molecule has 1 atom stereocenters. The molecular formula is C15H23NO4S. The molecule has 118 valence electrons. The van der Waals surface area contributed by atoms with Crippen LogP contribution in [-0.2, 0) is 9.53 Å². The van der Waals surface area contributed by atoms with Gasteiger partial charge in [-0.1, -0.05) is 13.0 Å². The normalized spacial score (nSPS) is 11.8. The van der Waals surface area contributed by atoms with Gasteiger partial charge in [0.2, 0.25) is 0 Å². The molecule has 0 bridgehead atoms. The first kappa shape index (κ1) is 17.7. The first-order valence-electron chi connectivity index (χ1n) is 6.76. The highest BCUT2D eigenvalue weighted by molar-refractivity contribution is 7.99. The SMILES string of the molecule is CCNC(CSCC(=O)OC)c1ccc(OC)c(OC)c1. The van der Waals surface area contributed by atoms with Gasteiger partial charge in [0, 0.05) is 11.8 Å². The van der Waals surface area contributed by atoms with Crippen LogP contribution in [0.4, 0.5) is 0 Å². The molecule has 0 aliphatic heterocycles. The minimum atomic E-state index is -0.206. The van der Waals surface area contributed by atoms with E-state index in [9.17, 15) is 4.79 Å². The van der Waals surface area contributed by atoms with E-state index in [1.807, 2.05) is 18.2 Å². The van der Waals surface area contributed by atoms with Gasteiger partial charge in [-0.25, -0.2) is 0 Å². The predicted octanol–water partition coefficient (Wildman–Crippen LogP) is 2.26. The zero-order valence-corrected chi connectivity index (χ0v) is 13.8. The number of nitrogens with one attached hydrogen (secondary N) is 1. The first-order chi connectivity index (χ1) is 10.2. The molecule has 0 aliphatic carbocycles. The fourth-order valence-corrected chi connectivity index (χ4v) is 2.86. The molecule has 0 saturated carbocycles. The Morgan fingerprint density at radius 2 is 1.95 bits per heavy atom.